The first-order valence-electron chi connectivity index (χ1n) is 7.89. The zero-order valence-corrected chi connectivity index (χ0v) is 14.3. The first-order valence-corrected chi connectivity index (χ1v) is 7.89. The quantitative estimate of drug-likeness (QED) is 0.546. The van der Waals surface area contributed by atoms with Crippen molar-refractivity contribution >= 4 is 11.5 Å². The van der Waals surface area contributed by atoms with Gasteiger partial charge in [0.25, 0.3) is 0 Å². The van der Waals surface area contributed by atoms with Gasteiger partial charge in [-0.15, -0.1) is 0 Å². The van der Waals surface area contributed by atoms with Gasteiger partial charge in [0.1, 0.15) is 12.0 Å². The molecule has 1 N–H and O–H groups in total. The van der Waals surface area contributed by atoms with Crippen LogP contribution in [0.25, 0.3) is 11.5 Å². The van der Waals surface area contributed by atoms with Crippen LogP contribution in [0, 0.1) is 24.0 Å². The average Bonchev–Trinajstić information content (AvgIpc) is 3.13. The normalized spacial score (nSPS) is 10.8. The van der Waals surface area contributed by atoms with Gasteiger partial charge in [-0.3, -0.25) is 10.1 Å². The van der Waals surface area contributed by atoms with Crippen LogP contribution in [0.15, 0.2) is 34.9 Å². The van der Waals surface area contributed by atoms with Gasteiger partial charge in [0, 0.05) is 25.6 Å². The molecule has 0 unspecified atom stereocenters. The van der Waals surface area contributed by atoms with Crippen molar-refractivity contribution in [1.82, 2.24) is 14.8 Å². The van der Waals surface area contributed by atoms with E-state index in [1.165, 1.54) is 10.2 Å². The molecular weight excluding hydrogens is 322 g/mol. The Bertz CT molecular complexity index is 896. The lowest BCUT2D eigenvalue weighted by atomic mass is 10.1. The Balaban J connectivity index is 1.66. The van der Waals surface area contributed by atoms with Crippen LogP contribution in [0.5, 0.6) is 0 Å². The van der Waals surface area contributed by atoms with Crippen molar-refractivity contribution < 1.29 is 9.34 Å². The molecule has 0 saturated carbocycles. The van der Waals surface area contributed by atoms with Crippen molar-refractivity contribution in [2.24, 2.45) is 7.05 Å². The molecule has 2 aromatic heterocycles. The highest BCUT2D eigenvalue weighted by molar-refractivity contribution is 5.59. The number of benzene rings is 1. The molecular formula is C17H19N5O3. The van der Waals surface area contributed by atoms with Crippen molar-refractivity contribution in [2.75, 3.05) is 11.9 Å². The fourth-order valence-corrected chi connectivity index (χ4v) is 2.62. The lowest BCUT2D eigenvalue weighted by molar-refractivity contribution is -0.384. The third-order valence-electron chi connectivity index (χ3n) is 3.90. The van der Waals surface area contributed by atoms with E-state index in [0.717, 1.165) is 11.3 Å². The molecule has 3 rings (SSSR count). The van der Waals surface area contributed by atoms with E-state index in [1.807, 2.05) is 31.2 Å². The molecule has 0 aliphatic carbocycles. The Labute approximate surface area is 144 Å². The van der Waals surface area contributed by atoms with Gasteiger partial charge in [-0.1, -0.05) is 17.7 Å². The summed E-state index contributed by atoms with van der Waals surface area (Å²) < 4.78 is 7.00. The van der Waals surface area contributed by atoms with Gasteiger partial charge in [0.15, 0.2) is 0 Å². The van der Waals surface area contributed by atoms with Crippen molar-refractivity contribution in [3.63, 3.8) is 0 Å². The van der Waals surface area contributed by atoms with Gasteiger partial charge in [-0.05, 0) is 26.0 Å². The van der Waals surface area contributed by atoms with E-state index >= 15 is 0 Å². The summed E-state index contributed by atoms with van der Waals surface area (Å²) in [5.41, 5.74) is 3.27. The molecule has 2 heterocycles. The summed E-state index contributed by atoms with van der Waals surface area (Å²) in [5.74, 6) is 0.960. The maximum Gasteiger partial charge on any atom is 0.333 e. The summed E-state index contributed by atoms with van der Waals surface area (Å²) in [7, 11) is 1.67. The Kier molecular flexibility index (Phi) is 4.51. The average molecular weight is 341 g/mol. The second kappa shape index (κ2) is 6.76. The second-order valence-electron chi connectivity index (χ2n) is 5.85. The minimum absolute atomic E-state index is 0.00278. The molecule has 0 atom stereocenters. The number of nitrogens with one attached hydrogen (secondary N) is 1. The summed E-state index contributed by atoms with van der Waals surface area (Å²) >= 11 is 0. The standard InChI is InChI=1S/C17H19N5O3/c1-11-4-6-13(7-5-11)17-19-14(10-25-17)8-9-18-16-15(22(23)24)12(2)20-21(16)3/h4-7,10,18H,8-9H2,1-3H3. The number of aromatic nitrogens is 3. The van der Waals surface area contributed by atoms with E-state index in [4.69, 9.17) is 4.42 Å². The molecule has 25 heavy (non-hydrogen) atoms. The van der Waals surface area contributed by atoms with E-state index in [2.05, 4.69) is 15.4 Å². The molecule has 8 heteroatoms. The lowest BCUT2D eigenvalue weighted by Gasteiger charge is -2.04. The zero-order valence-electron chi connectivity index (χ0n) is 14.3. The van der Waals surface area contributed by atoms with Gasteiger partial charge in [0.05, 0.1) is 10.6 Å². The molecule has 0 amide bonds. The molecule has 3 aromatic rings. The van der Waals surface area contributed by atoms with Gasteiger partial charge in [-0.25, -0.2) is 9.67 Å². The van der Waals surface area contributed by atoms with Crippen molar-refractivity contribution in [3.8, 4) is 11.5 Å². The first-order chi connectivity index (χ1) is 12.0. The highest BCUT2D eigenvalue weighted by Crippen LogP contribution is 2.27. The Morgan fingerprint density at radius 3 is 2.68 bits per heavy atom. The highest BCUT2D eigenvalue weighted by atomic mass is 16.6. The van der Waals surface area contributed by atoms with Crippen molar-refractivity contribution in [1.29, 1.82) is 0 Å². The monoisotopic (exact) mass is 341 g/mol. The number of nitro groups is 1. The third-order valence-corrected chi connectivity index (χ3v) is 3.90. The van der Waals surface area contributed by atoms with Crippen LogP contribution in [0.1, 0.15) is 17.0 Å². The number of anilines is 1. The number of rotatable bonds is 6. The second-order valence-corrected chi connectivity index (χ2v) is 5.85. The largest absolute Gasteiger partial charge is 0.444 e. The molecule has 8 nitrogen and oxygen atoms in total. The van der Waals surface area contributed by atoms with E-state index in [-0.39, 0.29) is 5.69 Å². The molecule has 0 fully saturated rings. The molecule has 0 saturated heterocycles. The van der Waals surface area contributed by atoms with Gasteiger partial charge in [-0.2, -0.15) is 5.10 Å². The SMILES string of the molecule is Cc1ccc(-c2nc(CCNc3c([N+](=O)[O-])c(C)nn3C)co2)cc1. The molecule has 0 spiro atoms. The molecule has 1 aromatic carbocycles. The molecule has 0 aliphatic rings. The fraction of sp³-hybridized carbons (Fsp3) is 0.294. The Morgan fingerprint density at radius 2 is 2.00 bits per heavy atom. The number of aryl methyl sites for hydroxylation is 3. The maximum absolute atomic E-state index is 11.2. The van der Waals surface area contributed by atoms with Crippen LogP contribution in [-0.4, -0.2) is 26.2 Å². The van der Waals surface area contributed by atoms with Crippen LogP contribution in [0.2, 0.25) is 0 Å². The van der Waals surface area contributed by atoms with E-state index < -0.39 is 4.92 Å². The lowest BCUT2D eigenvalue weighted by Crippen LogP contribution is -2.10. The number of nitrogens with zero attached hydrogens (tertiary/aromatic N) is 4. The maximum atomic E-state index is 11.2. The molecule has 0 aliphatic heterocycles. The topological polar surface area (TPSA) is 99.0 Å². The predicted molar refractivity (Wildman–Crippen MR) is 93.5 cm³/mol. The summed E-state index contributed by atoms with van der Waals surface area (Å²) in [6.07, 6.45) is 2.19. The zero-order chi connectivity index (χ0) is 18.0. The molecule has 0 radical (unpaired) electrons. The smallest absolute Gasteiger partial charge is 0.333 e. The third kappa shape index (κ3) is 3.52. The summed E-state index contributed by atoms with van der Waals surface area (Å²) in [6.45, 7) is 4.13. The van der Waals surface area contributed by atoms with E-state index in [0.29, 0.717) is 30.4 Å². The van der Waals surface area contributed by atoms with Gasteiger partial charge >= 0.3 is 5.69 Å². The van der Waals surface area contributed by atoms with Gasteiger partial charge in [0.2, 0.25) is 11.7 Å². The van der Waals surface area contributed by atoms with Crippen LogP contribution >= 0.6 is 0 Å². The van der Waals surface area contributed by atoms with Crippen LogP contribution in [0.3, 0.4) is 0 Å². The van der Waals surface area contributed by atoms with E-state index in [9.17, 15) is 10.1 Å². The Hall–Kier alpha value is -3.16. The van der Waals surface area contributed by atoms with E-state index in [1.54, 1.807) is 20.2 Å². The number of oxazole rings is 1. The predicted octanol–water partition coefficient (Wildman–Crippen LogP) is 3.25. The molecule has 0 bridgehead atoms. The van der Waals surface area contributed by atoms with Crippen LogP contribution < -0.4 is 5.32 Å². The summed E-state index contributed by atoms with van der Waals surface area (Å²) in [4.78, 5) is 15.2. The summed E-state index contributed by atoms with van der Waals surface area (Å²) in [6, 6.07) is 7.94. The van der Waals surface area contributed by atoms with Crippen molar-refractivity contribution in [3.05, 3.63) is 57.6 Å². The highest BCUT2D eigenvalue weighted by Gasteiger charge is 2.23. The summed E-state index contributed by atoms with van der Waals surface area (Å²) in [5, 5.41) is 18.3. The number of hydrogen-bond donors (Lipinski definition) is 1. The fourth-order valence-electron chi connectivity index (χ4n) is 2.62. The van der Waals surface area contributed by atoms with Crippen LogP contribution in [0.4, 0.5) is 11.5 Å². The first kappa shape index (κ1) is 16.7. The van der Waals surface area contributed by atoms with Gasteiger partial charge < -0.3 is 9.73 Å². The number of hydrogen-bond acceptors (Lipinski definition) is 6. The van der Waals surface area contributed by atoms with Crippen LogP contribution in [-0.2, 0) is 13.5 Å². The Morgan fingerprint density at radius 1 is 1.28 bits per heavy atom. The minimum Gasteiger partial charge on any atom is -0.444 e. The minimum atomic E-state index is -0.420. The van der Waals surface area contributed by atoms with Crippen molar-refractivity contribution in [2.45, 2.75) is 20.3 Å². The molecule has 130 valence electrons.